The highest BCUT2D eigenvalue weighted by atomic mass is 16.5. The third kappa shape index (κ3) is 2.06. The fourth-order valence-electron chi connectivity index (χ4n) is 2.64. The van der Waals surface area contributed by atoms with E-state index in [9.17, 15) is 4.79 Å². The molecule has 1 aromatic heterocycles. The van der Waals surface area contributed by atoms with Gasteiger partial charge in [-0.2, -0.15) is 0 Å². The largest absolute Gasteiger partial charge is 0.465 e. The number of hydrogen-bond acceptors (Lipinski definition) is 5. The molecule has 2 bridgehead atoms. The van der Waals surface area contributed by atoms with E-state index in [1.54, 1.807) is 18.3 Å². The first-order valence-corrected chi connectivity index (χ1v) is 6.21. The second-order valence-corrected chi connectivity index (χ2v) is 4.76. The van der Waals surface area contributed by atoms with Crippen LogP contribution in [0.1, 0.15) is 23.2 Å². The Morgan fingerprint density at radius 1 is 1.44 bits per heavy atom. The van der Waals surface area contributed by atoms with E-state index in [0.29, 0.717) is 17.8 Å². The molecule has 18 heavy (non-hydrogen) atoms. The minimum absolute atomic E-state index is 0.312. The first kappa shape index (κ1) is 11.5. The van der Waals surface area contributed by atoms with Crippen LogP contribution in [0.15, 0.2) is 18.3 Å². The van der Waals surface area contributed by atoms with Crippen LogP contribution in [0, 0.1) is 0 Å². The molecule has 0 aliphatic carbocycles. The van der Waals surface area contributed by atoms with Crippen LogP contribution in [0.4, 0.5) is 5.82 Å². The van der Waals surface area contributed by atoms with Crippen LogP contribution < -0.4 is 4.90 Å². The summed E-state index contributed by atoms with van der Waals surface area (Å²) in [5.41, 5.74) is 0.543. The Morgan fingerprint density at radius 2 is 2.17 bits per heavy atom. The summed E-state index contributed by atoms with van der Waals surface area (Å²) >= 11 is 0. The minimum Gasteiger partial charge on any atom is -0.465 e. The van der Waals surface area contributed by atoms with Gasteiger partial charge in [0.15, 0.2) is 0 Å². The van der Waals surface area contributed by atoms with Crippen LogP contribution in [0.2, 0.25) is 0 Å². The average molecular weight is 248 g/mol. The number of methoxy groups -OCH3 is 1. The molecule has 0 amide bonds. The third-order valence-electron chi connectivity index (χ3n) is 3.53. The smallest absolute Gasteiger partial charge is 0.338 e. The van der Waals surface area contributed by atoms with E-state index in [0.717, 1.165) is 31.7 Å². The summed E-state index contributed by atoms with van der Waals surface area (Å²) in [4.78, 5) is 18.0. The van der Waals surface area contributed by atoms with E-state index in [1.807, 2.05) is 0 Å². The van der Waals surface area contributed by atoms with Crippen molar-refractivity contribution in [2.24, 2.45) is 0 Å². The van der Waals surface area contributed by atoms with Crippen molar-refractivity contribution in [1.82, 2.24) is 4.98 Å². The molecular formula is C13H16N2O3. The molecule has 0 spiro atoms. The number of rotatable bonds is 2. The van der Waals surface area contributed by atoms with Gasteiger partial charge in [-0.25, -0.2) is 9.78 Å². The molecule has 3 rings (SSSR count). The first-order valence-electron chi connectivity index (χ1n) is 6.21. The summed E-state index contributed by atoms with van der Waals surface area (Å²) in [6, 6.07) is 3.46. The summed E-state index contributed by atoms with van der Waals surface area (Å²) in [5, 5.41) is 0. The number of aromatic nitrogens is 1. The van der Waals surface area contributed by atoms with E-state index in [4.69, 9.17) is 9.47 Å². The average Bonchev–Trinajstić information content (AvgIpc) is 2.76. The van der Waals surface area contributed by atoms with Crippen LogP contribution >= 0.6 is 0 Å². The lowest BCUT2D eigenvalue weighted by Gasteiger charge is -2.33. The summed E-state index contributed by atoms with van der Waals surface area (Å²) in [5.74, 6) is 0.507. The molecule has 5 heteroatoms. The number of carbonyl (C=O) groups excluding carboxylic acids is 1. The number of hydrogen-bond donors (Lipinski definition) is 0. The van der Waals surface area contributed by atoms with Crippen molar-refractivity contribution in [3.05, 3.63) is 23.9 Å². The summed E-state index contributed by atoms with van der Waals surface area (Å²) in [6.07, 6.45) is 4.52. The standard InChI is InChI=1S/C13H16N2O3/c1-17-13(16)9-4-5-14-12(6-9)15-7-10-2-3-11(8-15)18-10/h4-6,10-11H,2-3,7-8H2,1H3. The first-order chi connectivity index (χ1) is 8.76. The molecule has 5 nitrogen and oxygen atoms in total. The SMILES string of the molecule is COC(=O)c1ccnc(N2CC3CCC(C2)O3)c1. The number of anilines is 1. The predicted octanol–water partition coefficient (Wildman–Crippen LogP) is 1.24. The summed E-state index contributed by atoms with van der Waals surface area (Å²) < 4.78 is 10.5. The molecule has 0 saturated carbocycles. The molecule has 0 aromatic carbocycles. The lowest BCUT2D eigenvalue weighted by atomic mass is 10.2. The Hall–Kier alpha value is -1.62. The quantitative estimate of drug-likeness (QED) is 0.737. The van der Waals surface area contributed by atoms with Crippen molar-refractivity contribution in [2.45, 2.75) is 25.0 Å². The Kier molecular flexibility index (Phi) is 2.91. The number of ether oxygens (including phenoxy) is 2. The zero-order valence-corrected chi connectivity index (χ0v) is 10.3. The fraction of sp³-hybridized carbons (Fsp3) is 0.538. The lowest BCUT2D eigenvalue weighted by molar-refractivity contribution is 0.0302. The highest BCUT2D eigenvalue weighted by Crippen LogP contribution is 2.28. The fourth-order valence-corrected chi connectivity index (χ4v) is 2.64. The zero-order valence-electron chi connectivity index (χ0n) is 10.3. The number of fused-ring (bicyclic) bond motifs is 2. The van der Waals surface area contributed by atoms with E-state index in [2.05, 4.69) is 9.88 Å². The van der Waals surface area contributed by atoms with Gasteiger partial charge in [-0.3, -0.25) is 0 Å². The number of esters is 1. The van der Waals surface area contributed by atoms with Crippen molar-refractivity contribution in [3.63, 3.8) is 0 Å². The molecule has 96 valence electrons. The summed E-state index contributed by atoms with van der Waals surface area (Å²) in [7, 11) is 1.39. The van der Waals surface area contributed by atoms with Crippen LogP contribution in [0.3, 0.4) is 0 Å². The number of carbonyl (C=O) groups is 1. The highest BCUT2D eigenvalue weighted by Gasteiger charge is 2.34. The van der Waals surface area contributed by atoms with E-state index >= 15 is 0 Å². The van der Waals surface area contributed by atoms with Crippen LogP contribution in [-0.2, 0) is 9.47 Å². The molecule has 2 atom stereocenters. The molecule has 2 aliphatic heterocycles. The van der Waals surface area contributed by atoms with E-state index in [-0.39, 0.29) is 5.97 Å². The normalized spacial score (nSPS) is 26.2. The Bertz CT molecular complexity index is 451. The van der Waals surface area contributed by atoms with Crippen LogP contribution in [0.5, 0.6) is 0 Å². The number of morpholine rings is 1. The molecule has 3 heterocycles. The van der Waals surface area contributed by atoms with Gasteiger partial charge in [0.25, 0.3) is 0 Å². The monoisotopic (exact) mass is 248 g/mol. The molecule has 2 fully saturated rings. The van der Waals surface area contributed by atoms with Gasteiger partial charge in [0, 0.05) is 19.3 Å². The number of nitrogens with zero attached hydrogens (tertiary/aromatic N) is 2. The molecule has 0 N–H and O–H groups in total. The van der Waals surface area contributed by atoms with Gasteiger partial charge in [-0.15, -0.1) is 0 Å². The van der Waals surface area contributed by atoms with Gasteiger partial charge >= 0.3 is 5.97 Å². The van der Waals surface area contributed by atoms with Gasteiger partial charge < -0.3 is 14.4 Å². The van der Waals surface area contributed by atoms with Crippen molar-refractivity contribution in [1.29, 1.82) is 0 Å². The van der Waals surface area contributed by atoms with Gasteiger partial charge in [0.1, 0.15) is 5.82 Å². The molecule has 0 radical (unpaired) electrons. The molecular weight excluding hydrogens is 232 g/mol. The van der Waals surface area contributed by atoms with Gasteiger partial charge in [-0.1, -0.05) is 0 Å². The second-order valence-electron chi connectivity index (χ2n) is 4.76. The topological polar surface area (TPSA) is 51.7 Å². The Labute approximate surface area is 106 Å². The maximum atomic E-state index is 11.5. The van der Waals surface area contributed by atoms with Gasteiger partial charge in [0.2, 0.25) is 0 Å². The van der Waals surface area contributed by atoms with Crippen molar-refractivity contribution in [3.8, 4) is 0 Å². The maximum absolute atomic E-state index is 11.5. The van der Waals surface area contributed by atoms with Gasteiger partial charge in [0.05, 0.1) is 24.9 Å². The zero-order chi connectivity index (χ0) is 12.5. The maximum Gasteiger partial charge on any atom is 0.338 e. The highest BCUT2D eigenvalue weighted by molar-refractivity contribution is 5.90. The van der Waals surface area contributed by atoms with E-state index in [1.165, 1.54) is 7.11 Å². The van der Waals surface area contributed by atoms with E-state index < -0.39 is 0 Å². The molecule has 2 saturated heterocycles. The third-order valence-corrected chi connectivity index (χ3v) is 3.53. The van der Waals surface area contributed by atoms with Crippen LogP contribution in [0.25, 0.3) is 0 Å². The Morgan fingerprint density at radius 3 is 2.83 bits per heavy atom. The Balaban J connectivity index is 1.81. The van der Waals surface area contributed by atoms with Crippen molar-refractivity contribution in [2.75, 3.05) is 25.1 Å². The number of pyridine rings is 1. The van der Waals surface area contributed by atoms with Crippen molar-refractivity contribution < 1.29 is 14.3 Å². The minimum atomic E-state index is -0.324. The predicted molar refractivity (Wildman–Crippen MR) is 65.7 cm³/mol. The molecule has 2 unspecified atom stereocenters. The molecule has 1 aromatic rings. The summed E-state index contributed by atoms with van der Waals surface area (Å²) in [6.45, 7) is 1.71. The van der Waals surface area contributed by atoms with Gasteiger partial charge in [-0.05, 0) is 25.0 Å². The van der Waals surface area contributed by atoms with Crippen LogP contribution in [-0.4, -0.2) is 43.4 Å². The van der Waals surface area contributed by atoms with Crippen molar-refractivity contribution >= 4 is 11.8 Å². The second kappa shape index (κ2) is 4.57. The lowest BCUT2D eigenvalue weighted by Crippen LogP contribution is -2.43. The molecule has 2 aliphatic rings.